The van der Waals surface area contributed by atoms with Crippen LogP contribution in [0.3, 0.4) is 0 Å². The van der Waals surface area contributed by atoms with Crippen molar-refractivity contribution in [2.75, 3.05) is 37.5 Å². The molecule has 49 heavy (non-hydrogen) atoms. The lowest BCUT2D eigenvalue weighted by molar-refractivity contribution is -0.106. The molecular formula is C34H35N7O6S2. The van der Waals surface area contributed by atoms with Gasteiger partial charge in [-0.25, -0.2) is 17.4 Å². The zero-order valence-corrected chi connectivity index (χ0v) is 28.3. The minimum Gasteiger partial charge on any atom is -0.480 e. The molecule has 0 saturated carbocycles. The van der Waals surface area contributed by atoms with Gasteiger partial charge in [0.1, 0.15) is 23.2 Å². The lowest BCUT2D eigenvalue weighted by Gasteiger charge is -2.23. The molecule has 1 atom stereocenters. The highest BCUT2D eigenvalue weighted by molar-refractivity contribution is 7.89. The van der Waals surface area contributed by atoms with Crippen LogP contribution < -0.4 is 20.1 Å². The minimum atomic E-state index is -3.93. The number of pyridine rings is 1. The predicted molar refractivity (Wildman–Crippen MR) is 189 cm³/mol. The summed E-state index contributed by atoms with van der Waals surface area (Å²) in [5.41, 5.74) is 3.00. The third kappa shape index (κ3) is 7.29. The molecule has 0 amide bonds. The van der Waals surface area contributed by atoms with Crippen molar-refractivity contribution in [2.45, 2.75) is 37.9 Å². The van der Waals surface area contributed by atoms with Crippen molar-refractivity contribution in [2.24, 2.45) is 0 Å². The summed E-state index contributed by atoms with van der Waals surface area (Å²) in [6.07, 6.45) is 7.47. The number of rotatable bonds is 13. The van der Waals surface area contributed by atoms with E-state index < -0.39 is 10.0 Å². The monoisotopic (exact) mass is 701 g/mol. The van der Waals surface area contributed by atoms with E-state index in [2.05, 4.69) is 25.6 Å². The van der Waals surface area contributed by atoms with E-state index in [0.29, 0.717) is 39.8 Å². The fraction of sp³-hybridized carbons (Fsp3) is 0.294. The van der Waals surface area contributed by atoms with Crippen molar-refractivity contribution in [3.05, 3.63) is 83.8 Å². The standard InChI is InChI=1S/C34H35N7O6S2/c1-35-34-39-32(38-18-28-37-19-30(48-28)46-14-12-42)31-26(20-41(33(31)40-34)49(43,44)21-22-7-3-2-4-8-22)23-10-11-27-24(15-23)16-25(17-36-27)47-29-9-5-6-13-45-29/h2-4,7-8,10-11,15-17,19-20,29,42H,5-6,9,12-14,18,21H2,1H3,(H2,35,38,39,40). The third-order valence-corrected chi connectivity index (χ3v) is 10.5. The van der Waals surface area contributed by atoms with Crippen molar-refractivity contribution < 1.29 is 27.7 Å². The van der Waals surface area contributed by atoms with Gasteiger partial charge in [0, 0.05) is 30.6 Å². The number of nitrogens with one attached hydrogen (secondary N) is 2. The van der Waals surface area contributed by atoms with Crippen LogP contribution in [0.15, 0.2) is 73.2 Å². The Labute approximate surface area is 287 Å². The number of aliphatic hydroxyl groups excluding tert-OH is 1. The first-order chi connectivity index (χ1) is 23.9. The zero-order valence-electron chi connectivity index (χ0n) is 26.7. The van der Waals surface area contributed by atoms with Crippen molar-refractivity contribution in [3.63, 3.8) is 0 Å². The molecule has 1 saturated heterocycles. The normalized spacial score (nSPS) is 15.0. The molecule has 6 aromatic rings. The maximum atomic E-state index is 14.1. The molecule has 1 aliphatic rings. The number of nitrogens with zero attached hydrogens (tertiary/aromatic N) is 5. The average Bonchev–Trinajstić information content (AvgIpc) is 3.75. The van der Waals surface area contributed by atoms with E-state index in [4.69, 9.17) is 24.3 Å². The molecule has 0 radical (unpaired) electrons. The zero-order chi connectivity index (χ0) is 33.8. The van der Waals surface area contributed by atoms with Crippen LogP contribution in [0.1, 0.15) is 29.8 Å². The van der Waals surface area contributed by atoms with Crippen molar-refractivity contribution in [3.8, 4) is 21.9 Å². The summed E-state index contributed by atoms with van der Waals surface area (Å²) in [5, 5.41) is 18.1. The van der Waals surface area contributed by atoms with Crippen molar-refractivity contribution in [1.82, 2.24) is 23.9 Å². The number of anilines is 2. The number of benzene rings is 2. The Hall–Kier alpha value is -4.83. The summed E-state index contributed by atoms with van der Waals surface area (Å²) in [5.74, 6) is 1.05. The van der Waals surface area contributed by atoms with E-state index in [-0.39, 0.29) is 43.4 Å². The first-order valence-electron chi connectivity index (χ1n) is 15.9. The summed E-state index contributed by atoms with van der Waals surface area (Å²) in [7, 11) is -2.25. The first kappa shape index (κ1) is 32.7. The predicted octanol–water partition coefficient (Wildman–Crippen LogP) is 5.41. The van der Waals surface area contributed by atoms with Gasteiger partial charge in [0.25, 0.3) is 0 Å². The molecule has 1 unspecified atom stereocenters. The van der Waals surface area contributed by atoms with Crippen LogP contribution in [0, 0.1) is 0 Å². The molecule has 1 aliphatic heterocycles. The summed E-state index contributed by atoms with van der Waals surface area (Å²) in [4.78, 5) is 18.4. The number of aromatic nitrogens is 5. The van der Waals surface area contributed by atoms with Gasteiger partial charge in [0.05, 0.1) is 48.8 Å². The van der Waals surface area contributed by atoms with E-state index in [9.17, 15) is 8.42 Å². The van der Waals surface area contributed by atoms with Gasteiger partial charge in [0.2, 0.25) is 16.0 Å². The van der Waals surface area contributed by atoms with Crippen LogP contribution >= 0.6 is 11.3 Å². The minimum absolute atomic E-state index is 0.0990. The van der Waals surface area contributed by atoms with Gasteiger partial charge in [-0.3, -0.25) is 4.98 Å². The molecule has 0 aliphatic carbocycles. The van der Waals surface area contributed by atoms with Gasteiger partial charge >= 0.3 is 0 Å². The Morgan fingerprint density at radius 1 is 1.08 bits per heavy atom. The summed E-state index contributed by atoms with van der Waals surface area (Å²) < 4.78 is 46.7. The highest BCUT2D eigenvalue weighted by Crippen LogP contribution is 2.38. The maximum Gasteiger partial charge on any atom is 0.244 e. The summed E-state index contributed by atoms with van der Waals surface area (Å²) >= 11 is 1.34. The fourth-order valence-corrected chi connectivity index (χ4v) is 7.82. The van der Waals surface area contributed by atoms with E-state index in [0.717, 1.165) is 40.7 Å². The number of aliphatic hydroxyl groups is 1. The van der Waals surface area contributed by atoms with Crippen LogP contribution in [-0.2, 0) is 27.1 Å². The lowest BCUT2D eigenvalue weighted by Crippen LogP contribution is -2.24. The molecular weight excluding hydrogens is 667 g/mol. The number of fused-ring (bicyclic) bond motifs is 2. The fourth-order valence-electron chi connectivity index (χ4n) is 5.67. The molecule has 1 fully saturated rings. The van der Waals surface area contributed by atoms with Crippen molar-refractivity contribution in [1.29, 1.82) is 0 Å². The molecule has 2 aromatic carbocycles. The molecule has 0 spiro atoms. The summed E-state index contributed by atoms with van der Waals surface area (Å²) in [6, 6.07) is 16.7. The second-order valence-corrected chi connectivity index (χ2v) is 14.3. The van der Waals surface area contributed by atoms with E-state index >= 15 is 0 Å². The van der Waals surface area contributed by atoms with Crippen LogP contribution in [0.4, 0.5) is 11.8 Å². The number of thiazole rings is 1. The SMILES string of the molecule is CNc1nc(NCc2ncc(OCCO)s2)c2c(-c3ccc4ncc(OC5CCCCO5)cc4c3)cn(S(=O)(=O)Cc3ccccc3)c2n1. The summed E-state index contributed by atoms with van der Waals surface area (Å²) in [6.45, 7) is 1.03. The Morgan fingerprint density at radius 2 is 1.96 bits per heavy atom. The van der Waals surface area contributed by atoms with Crippen LogP contribution in [0.25, 0.3) is 33.1 Å². The first-order valence-corrected chi connectivity index (χ1v) is 18.3. The van der Waals surface area contributed by atoms with E-state index in [1.807, 2.05) is 42.5 Å². The Morgan fingerprint density at radius 3 is 2.76 bits per heavy atom. The van der Waals surface area contributed by atoms with Gasteiger partial charge < -0.3 is 30.0 Å². The van der Waals surface area contributed by atoms with Gasteiger partial charge in [-0.05, 0) is 42.2 Å². The smallest absolute Gasteiger partial charge is 0.244 e. The largest absolute Gasteiger partial charge is 0.480 e. The second kappa shape index (κ2) is 14.3. The third-order valence-electron chi connectivity index (χ3n) is 7.98. The molecule has 254 valence electrons. The van der Waals surface area contributed by atoms with Crippen molar-refractivity contribution >= 4 is 55.1 Å². The molecule has 4 aromatic heterocycles. The van der Waals surface area contributed by atoms with E-state index in [1.54, 1.807) is 37.8 Å². The molecule has 0 bridgehead atoms. The van der Waals surface area contributed by atoms with Gasteiger partial charge in [-0.15, -0.1) is 0 Å². The van der Waals surface area contributed by atoms with Gasteiger partial charge in [-0.2, -0.15) is 9.97 Å². The highest BCUT2D eigenvalue weighted by atomic mass is 32.2. The number of hydrogen-bond donors (Lipinski definition) is 3. The number of ether oxygens (including phenoxy) is 3. The number of hydrogen-bond acceptors (Lipinski definition) is 13. The second-order valence-electron chi connectivity index (χ2n) is 11.4. The highest BCUT2D eigenvalue weighted by Gasteiger charge is 2.25. The maximum absolute atomic E-state index is 14.1. The molecule has 13 nitrogen and oxygen atoms in total. The van der Waals surface area contributed by atoms with Gasteiger partial charge in [-0.1, -0.05) is 47.7 Å². The lowest BCUT2D eigenvalue weighted by atomic mass is 10.0. The van der Waals surface area contributed by atoms with E-state index in [1.165, 1.54) is 15.3 Å². The molecule has 5 heterocycles. The van der Waals surface area contributed by atoms with Crippen LogP contribution in [-0.4, -0.2) is 70.6 Å². The van der Waals surface area contributed by atoms with Crippen LogP contribution in [0.5, 0.6) is 10.8 Å². The Bertz CT molecular complexity index is 2180. The molecule has 3 N–H and O–H groups in total. The quantitative estimate of drug-likeness (QED) is 0.141. The Balaban J connectivity index is 1.33. The molecule has 15 heteroatoms. The average molecular weight is 702 g/mol. The van der Waals surface area contributed by atoms with Gasteiger partial charge in [0.15, 0.2) is 17.0 Å². The Kier molecular flexibility index (Phi) is 9.57. The van der Waals surface area contributed by atoms with Crippen LogP contribution in [0.2, 0.25) is 0 Å². The topological polar surface area (TPSA) is 163 Å². The molecule has 7 rings (SSSR count).